The van der Waals surface area contributed by atoms with Crippen molar-refractivity contribution in [3.05, 3.63) is 54.5 Å². The van der Waals surface area contributed by atoms with Gasteiger partial charge in [0.05, 0.1) is 18.1 Å². The van der Waals surface area contributed by atoms with E-state index in [0.29, 0.717) is 0 Å². The minimum Gasteiger partial charge on any atom is -0.380 e. The zero-order chi connectivity index (χ0) is 13.9. The SMILES string of the molecule is Cc1c(CNc2ccc(-n3ccnc3)nc2)cnn1C. The average Bonchev–Trinajstić information content (AvgIpc) is 3.10. The van der Waals surface area contributed by atoms with Gasteiger partial charge in [0.1, 0.15) is 12.1 Å². The summed E-state index contributed by atoms with van der Waals surface area (Å²) in [6, 6.07) is 3.97. The van der Waals surface area contributed by atoms with Crippen LogP contribution in [0.25, 0.3) is 5.82 Å². The fourth-order valence-corrected chi connectivity index (χ4v) is 1.95. The lowest BCUT2D eigenvalue weighted by Crippen LogP contribution is -2.02. The molecule has 102 valence electrons. The average molecular weight is 268 g/mol. The van der Waals surface area contributed by atoms with Gasteiger partial charge < -0.3 is 5.32 Å². The number of aryl methyl sites for hydroxylation is 1. The summed E-state index contributed by atoms with van der Waals surface area (Å²) in [5.41, 5.74) is 3.34. The van der Waals surface area contributed by atoms with Crippen LogP contribution in [0.1, 0.15) is 11.3 Å². The monoisotopic (exact) mass is 268 g/mol. The first-order chi connectivity index (χ1) is 9.74. The molecule has 3 heterocycles. The van der Waals surface area contributed by atoms with Crippen molar-refractivity contribution in [2.45, 2.75) is 13.5 Å². The zero-order valence-corrected chi connectivity index (χ0v) is 11.5. The molecule has 0 unspecified atom stereocenters. The van der Waals surface area contributed by atoms with Gasteiger partial charge in [-0.05, 0) is 19.1 Å². The van der Waals surface area contributed by atoms with Gasteiger partial charge in [-0.25, -0.2) is 9.97 Å². The number of nitrogens with one attached hydrogen (secondary N) is 1. The summed E-state index contributed by atoms with van der Waals surface area (Å²) >= 11 is 0. The Labute approximate surface area is 117 Å². The largest absolute Gasteiger partial charge is 0.380 e. The summed E-state index contributed by atoms with van der Waals surface area (Å²) in [4.78, 5) is 8.41. The highest BCUT2D eigenvalue weighted by molar-refractivity contribution is 5.44. The molecule has 0 aliphatic heterocycles. The Morgan fingerprint density at radius 3 is 2.75 bits per heavy atom. The number of nitrogens with zero attached hydrogens (tertiary/aromatic N) is 5. The molecule has 0 radical (unpaired) electrons. The Bertz CT molecular complexity index is 681. The van der Waals surface area contributed by atoms with Crippen LogP contribution in [0.3, 0.4) is 0 Å². The fraction of sp³-hybridized carbons (Fsp3) is 0.214. The maximum absolute atomic E-state index is 4.40. The lowest BCUT2D eigenvalue weighted by molar-refractivity contribution is 0.738. The summed E-state index contributed by atoms with van der Waals surface area (Å²) in [5.74, 6) is 0.852. The van der Waals surface area contributed by atoms with Crippen LogP contribution in [-0.4, -0.2) is 24.3 Å². The lowest BCUT2D eigenvalue weighted by atomic mass is 10.2. The third-order valence-corrected chi connectivity index (χ3v) is 3.34. The molecule has 20 heavy (non-hydrogen) atoms. The molecule has 3 aromatic heterocycles. The predicted molar refractivity (Wildman–Crippen MR) is 76.6 cm³/mol. The van der Waals surface area contributed by atoms with Gasteiger partial charge in [0, 0.05) is 37.2 Å². The molecule has 0 aliphatic carbocycles. The molecule has 3 rings (SSSR count). The number of rotatable bonds is 4. The topological polar surface area (TPSA) is 60.6 Å². The summed E-state index contributed by atoms with van der Waals surface area (Å²) < 4.78 is 3.74. The lowest BCUT2D eigenvalue weighted by Gasteiger charge is -2.07. The molecule has 3 aromatic rings. The van der Waals surface area contributed by atoms with Gasteiger partial charge in [-0.1, -0.05) is 0 Å². The smallest absolute Gasteiger partial charge is 0.137 e. The van der Waals surface area contributed by atoms with Crippen molar-refractivity contribution in [3.63, 3.8) is 0 Å². The standard InChI is InChI=1S/C14H16N6/c1-11-12(8-18-19(11)2)7-16-13-3-4-14(17-9-13)20-6-5-15-10-20/h3-6,8-10,16H,7H2,1-2H3. The highest BCUT2D eigenvalue weighted by Gasteiger charge is 2.03. The zero-order valence-electron chi connectivity index (χ0n) is 11.5. The minimum absolute atomic E-state index is 0.742. The van der Waals surface area contributed by atoms with Crippen molar-refractivity contribution in [2.24, 2.45) is 7.05 Å². The predicted octanol–water partition coefficient (Wildman–Crippen LogP) is 1.92. The highest BCUT2D eigenvalue weighted by Crippen LogP contribution is 2.12. The van der Waals surface area contributed by atoms with Crippen LogP contribution in [0.4, 0.5) is 5.69 Å². The Morgan fingerprint density at radius 2 is 2.15 bits per heavy atom. The van der Waals surface area contributed by atoms with E-state index in [4.69, 9.17) is 0 Å². The van der Waals surface area contributed by atoms with Gasteiger partial charge in [-0.2, -0.15) is 5.10 Å². The molecule has 0 bridgehead atoms. The maximum Gasteiger partial charge on any atom is 0.137 e. The van der Waals surface area contributed by atoms with Crippen LogP contribution in [0.5, 0.6) is 0 Å². The van der Waals surface area contributed by atoms with Gasteiger partial charge in [-0.15, -0.1) is 0 Å². The van der Waals surface area contributed by atoms with Gasteiger partial charge in [0.2, 0.25) is 0 Å². The van der Waals surface area contributed by atoms with E-state index in [1.165, 1.54) is 11.3 Å². The van der Waals surface area contributed by atoms with E-state index < -0.39 is 0 Å². The first kappa shape index (κ1) is 12.4. The van der Waals surface area contributed by atoms with Crippen LogP contribution in [0, 0.1) is 6.92 Å². The maximum atomic E-state index is 4.40. The van der Waals surface area contributed by atoms with Gasteiger partial charge in [0.15, 0.2) is 0 Å². The van der Waals surface area contributed by atoms with Crippen LogP contribution in [-0.2, 0) is 13.6 Å². The molecule has 0 fully saturated rings. The molecule has 0 aliphatic rings. The number of anilines is 1. The molecular formula is C14H16N6. The van der Waals surface area contributed by atoms with Crippen molar-refractivity contribution in [1.82, 2.24) is 24.3 Å². The van der Waals surface area contributed by atoms with Crippen LogP contribution in [0.2, 0.25) is 0 Å². The first-order valence-electron chi connectivity index (χ1n) is 6.40. The molecule has 0 aromatic carbocycles. The Kier molecular flexibility index (Phi) is 3.20. The van der Waals surface area contributed by atoms with E-state index in [1.54, 1.807) is 12.5 Å². The number of imidazole rings is 1. The van der Waals surface area contributed by atoms with Crippen molar-refractivity contribution >= 4 is 5.69 Å². The molecule has 6 nitrogen and oxygen atoms in total. The second kappa shape index (κ2) is 5.16. The molecule has 0 spiro atoms. The van der Waals surface area contributed by atoms with E-state index in [0.717, 1.165) is 18.1 Å². The van der Waals surface area contributed by atoms with E-state index in [2.05, 4.69) is 27.3 Å². The van der Waals surface area contributed by atoms with Crippen LogP contribution >= 0.6 is 0 Å². The minimum atomic E-state index is 0.742. The molecule has 0 amide bonds. The van der Waals surface area contributed by atoms with Crippen molar-refractivity contribution < 1.29 is 0 Å². The second-order valence-corrected chi connectivity index (χ2v) is 4.61. The first-order valence-corrected chi connectivity index (χ1v) is 6.40. The van der Waals surface area contributed by atoms with Gasteiger partial charge in [0.25, 0.3) is 0 Å². The number of pyridine rings is 1. The van der Waals surface area contributed by atoms with Crippen LogP contribution < -0.4 is 5.32 Å². The molecule has 6 heteroatoms. The number of aromatic nitrogens is 5. The van der Waals surface area contributed by atoms with Gasteiger partial charge in [-0.3, -0.25) is 9.25 Å². The summed E-state index contributed by atoms with van der Waals surface area (Å²) in [6.45, 7) is 2.80. The molecule has 0 saturated carbocycles. The number of hydrogen-bond donors (Lipinski definition) is 1. The Hall–Kier alpha value is -2.63. The van der Waals surface area contributed by atoms with E-state index in [9.17, 15) is 0 Å². The normalized spacial score (nSPS) is 10.7. The van der Waals surface area contributed by atoms with Crippen molar-refractivity contribution in [2.75, 3.05) is 5.32 Å². The molecule has 1 N–H and O–H groups in total. The molecular weight excluding hydrogens is 252 g/mol. The summed E-state index contributed by atoms with van der Waals surface area (Å²) in [6.07, 6.45) is 9.04. The third-order valence-electron chi connectivity index (χ3n) is 3.34. The van der Waals surface area contributed by atoms with Gasteiger partial charge >= 0.3 is 0 Å². The summed E-state index contributed by atoms with van der Waals surface area (Å²) in [5, 5.41) is 7.57. The Morgan fingerprint density at radius 1 is 1.25 bits per heavy atom. The van der Waals surface area contributed by atoms with Crippen molar-refractivity contribution in [1.29, 1.82) is 0 Å². The summed E-state index contributed by atoms with van der Waals surface area (Å²) in [7, 11) is 1.94. The van der Waals surface area contributed by atoms with E-state index >= 15 is 0 Å². The van der Waals surface area contributed by atoms with E-state index in [1.807, 2.05) is 47.0 Å². The van der Waals surface area contributed by atoms with E-state index in [-0.39, 0.29) is 0 Å². The second-order valence-electron chi connectivity index (χ2n) is 4.61. The number of hydrogen-bond acceptors (Lipinski definition) is 4. The Balaban J connectivity index is 1.68. The van der Waals surface area contributed by atoms with Crippen LogP contribution in [0.15, 0.2) is 43.2 Å². The molecule has 0 atom stereocenters. The molecule has 0 saturated heterocycles. The fourth-order valence-electron chi connectivity index (χ4n) is 1.95. The quantitative estimate of drug-likeness (QED) is 0.785. The van der Waals surface area contributed by atoms with Crippen molar-refractivity contribution in [3.8, 4) is 5.82 Å². The third kappa shape index (κ3) is 2.40. The highest BCUT2D eigenvalue weighted by atomic mass is 15.3.